The van der Waals surface area contributed by atoms with Crippen molar-refractivity contribution in [3.05, 3.63) is 58.0 Å². The molecule has 0 spiro atoms. The Morgan fingerprint density at radius 2 is 1.88 bits per heavy atom. The first kappa shape index (κ1) is 16.5. The summed E-state index contributed by atoms with van der Waals surface area (Å²) in [6.45, 7) is 1.82. The predicted molar refractivity (Wildman–Crippen MR) is 91.1 cm³/mol. The van der Waals surface area contributed by atoms with Crippen molar-refractivity contribution in [2.45, 2.75) is 38.4 Å². The van der Waals surface area contributed by atoms with Gasteiger partial charge in [-0.3, -0.25) is 4.79 Å². The number of aromatic nitrogens is 1. The van der Waals surface area contributed by atoms with Crippen molar-refractivity contribution in [1.82, 2.24) is 4.98 Å². The highest BCUT2D eigenvalue weighted by atomic mass is 16.6. The normalized spacial score (nSPS) is 20.1. The number of pyridine rings is 1. The van der Waals surface area contributed by atoms with Crippen molar-refractivity contribution >= 4 is 5.97 Å². The average molecular weight is 327 g/mol. The van der Waals surface area contributed by atoms with E-state index in [-0.39, 0.29) is 17.8 Å². The van der Waals surface area contributed by atoms with Crippen molar-refractivity contribution in [2.24, 2.45) is 0 Å². The van der Waals surface area contributed by atoms with Gasteiger partial charge in [0.25, 0.3) is 5.56 Å². The lowest BCUT2D eigenvalue weighted by atomic mass is 10.0. The Morgan fingerprint density at radius 3 is 2.58 bits per heavy atom. The van der Waals surface area contributed by atoms with E-state index in [9.17, 15) is 9.59 Å². The number of carbonyl (C=O) groups is 1. The van der Waals surface area contributed by atoms with Gasteiger partial charge in [0.2, 0.25) is 0 Å². The molecule has 5 nitrogen and oxygen atoms in total. The third kappa shape index (κ3) is 3.26. The van der Waals surface area contributed by atoms with Crippen molar-refractivity contribution < 1.29 is 14.3 Å². The Labute approximate surface area is 140 Å². The third-order valence-electron chi connectivity index (χ3n) is 4.50. The molecule has 126 valence electrons. The number of H-pyrrole nitrogens is 1. The molecule has 24 heavy (non-hydrogen) atoms. The molecule has 1 N–H and O–H groups in total. The van der Waals surface area contributed by atoms with E-state index >= 15 is 0 Å². The van der Waals surface area contributed by atoms with E-state index in [0.717, 1.165) is 36.1 Å². The van der Waals surface area contributed by atoms with E-state index in [0.29, 0.717) is 0 Å². The zero-order valence-electron chi connectivity index (χ0n) is 13.9. The first-order valence-electron chi connectivity index (χ1n) is 8.13. The molecule has 1 aromatic carbocycles. The van der Waals surface area contributed by atoms with Crippen LogP contribution in [0.4, 0.5) is 0 Å². The average Bonchev–Trinajstić information content (AvgIpc) is 3.02. The highest BCUT2D eigenvalue weighted by Gasteiger charge is 2.31. The standard InChI is InChI=1S/C19H21NO4/c1-12-14(13-7-4-3-5-8-13)11-15(18(21)20-12)19(22)24-17-10-6-9-16(17)23-2/h3-5,7-8,11,16-17H,6,9-10H2,1-2H3,(H,20,21)/t16-,17+/m0/s1. The summed E-state index contributed by atoms with van der Waals surface area (Å²) in [7, 11) is 1.61. The van der Waals surface area contributed by atoms with Gasteiger partial charge in [-0.15, -0.1) is 0 Å². The number of carbonyl (C=O) groups excluding carboxylic acids is 1. The van der Waals surface area contributed by atoms with Gasteiger partial charge in [-0.2, -0.15) is 0 Å². The van der Waals surface area contributed by atoms with Crippen LogP contribution in [0, 0.1) is 6.92 Å². The second kappa shape index (κ2) is 7.01. The highest BCUT2D eigenvalue weighted by molar-refractivity contribution is 5.91. The molecular formula is C19H21NO4. The van der Waals surface area contributed by atoms with Crippen molar-refractivity contribution in [3.63, 3.8) is 0 Å². The molecule has 0 saturated heterocycles. The molecule has 5 heteroatoms. The lowest BCUT2D eigenvalue weighted by Crippen LogP contribution is -2.30. The quantitative estimate of drug-likeness (QED) is 0.876. The van der Waals surface area contributed by atoms with E-state index in [1.807, 2.05) is 37.3 Å². The van der Waals surface area contributed by atoms with E-state index in [1.165, 1.54) is 0 Å². The number of hydrogen-bond donors (Lipinski definition) is 1. The van der Waals surface area contributed by atoms with Gasteiger partial charge in [0, 0.05) is 18.4 Å². The summed E-state index contributed by atoms with van der Waals surface area (Å²) in [6, 6.07) is 11.2. The molecule has 1 aliphatic rings. The molecular weight excluding hydrogens is 306 g/mol. The van der Waals surface area contributed by atoms with Crippen LogP contribution in [0.5, 0.6) is 0 Å². The van der Waals surface area contributed by atoms with Gasteiger partial charge in [-0.1, -0.05) is 30.3 Å². The summed E-state index contributed by atoms with van der Waals surface area (Å²) in [4.78, 5) is 27.4. The second-order valence-corrected chi connectivity index (χ2v) is 6.07. The zero-order chi connectivity index (χ0) is 17.1. The summed E-state index contributed by atoms with van der Waals surface area (Å²) < 4.78 is 10.9. The molecule has 0 unspecified atom stereocenters. The summed E-state index contributed by atoms with van der Waals surface area (Å²) in [5, 5.41) is 0. The number of ether oxygens (including phenoxy) is 2. The van der Waals surface area contributed by atoms with Crippen LogP contribution in [-0.2, 0) is 9.47 Å². The van der Waals surface area contributed by atoms with Gasteiger partial charge in [0.1, 0.15) is 11.7 Å². The number of methoxy groups -OCH3 is 1. The van der Waals surface area contributed by atoms with Crippen LogP contribution in [0.1, 0.15) is 35.3 Å². The smallest absolute Gasteiger partial charge is 0.344 e. The number of nitrogens with one attached hydrogen (secondary N) is 1. The maximum atomic E-state index is 12.5. The van der Waals surface area contributed by atoms with E-state index in [1.54, 1.807) is 13.2 Å². The minimum Gasteiger partial charge on any atom is -0.456 e. The molecule has 2 atom stereocenters. The maximum absolute atomic E-state index is 12.5. The zero-order valence-corrected chi connectivity index (χ0v) is 13.9. The van der Waals surface area contributed by atoms with Gasteiger partial charge in [-0.25, -0.2) is 4.79 Å². The van der Waals surface area contributed by atoms with Gasteiger partial charge >= 0.3 is 5.97 Å². The number of benzene rings is 1. The van der Waals surface area contributed by atoms with Crippen molar-refractivity contribution in [2.75, 3.05) is 7.11 Å². The van der Waals surface area contributed by atoms with Gasteiger partial charge in [0.05, 0.1) is 6.10 Å². The Kier molecular flexibility index (Phi) is 4.81. The lowest BCUT2D eigenvalue weighted by molar-refractivity contribution is -0.0208. The van der Waals surface area contributed by atoms with Gasteiger partial charge in [-0.05, 0) is 37.8 Å². The summed E-state index contributed by atoms with van der Waals surface area (Å²) in [5.41, 5.74) is 2.08. The Balaban J connectivity index is 1.90. The number of esters is 1. The monoisotopic (exact) mass is 327 g/mol. The van der Waals surface area contributed by atoms with Crippen LogP contribution in [0.2, 0.25) is 0 Å². The second-order valence-electron chi connectivity index (χ2n) is 6.07. The number of aryl methyl sites for hydroxylation is 1. The SMILES string of the molecule is CO[C@H]1CCC[C@H]1OC(=O)c1cc(-c2ccccc2)c(C)[nH]c1=O. The van der Waals surface area contributed by atoms with Crippen molar-refractivity contribution in [3.8, 4) is 11.1 Å². The molecule has 3 rings (SSSR count). The fourth-order valence-electron chi connectivity index (χ4n) is 3.19. The topological polar surface area (TPSA) is 68.4 Å². The fourth-order valence-corrected chi connectivity index (χ4v) is 3.19. The predicted octanol–water partition coefficient (Wildman–Crippen LogP) is 3.07. The van der Waals surface area contributed by atoms with E-state index in [4.69, 9.17) is 9.47 Å². The van der Waals surface area contributed by atoms with Crippen LogP contribution >= 0.6 is 0 Å². The molecule has 0 bridgehead atoms. The Bertz CT molecular complexity index is 782. The molecule has 0 aliphatic heterocycles. The van der Waals surface area contributed by atoms with Crippen LogP contribution in [0.25, 0.3) is 11.1 Å². The first-order chi connectivity index (χ1) is 11.6. The summed E-state index contributed by atoms with van der Waals surface area (Å²) in [6.07, 6.45) is 2.21. The molecule has 1 heterocycles. The van der Waals surface area contributed by atoms with E-state index < -0.39 is 11.5 Å². The molecule has 2 aromatic rings. The van der Waals surface area contributed by atoms with Crippen LogP contribution in [0.3, 0.4) is 0 Å². The molecule has 0 amide bonds. The lowest BCUT2D eigenvalue weighted by Gasteiger charge is -2.18. The van der Waals surface area contributed by atoms with Gasteiger partial charge in [0.15, 0.2) is 0 Å². The van der Waals surface area contributed by atoms with Gasteiger partial charge < -0.3 is 14.5 Å². The fraction of sp³-hybridized carbons (Fsp3) is 0.368. The number of rotatable bonds is 4. The Morgan fingerprint density at radius 1 is 1.17 bits per heavy atom. The molecule has 0 radical (unpaired) electrons. The van der Waals surface area contributed by atoms with Crippen LogP contribution < -0.4 is 5.56 Å². The minimum absolute atomic E-state index is 0.0289. The molecule has 1 saturated carbocycles. The van der Waals surface area contributed by atoms with Crippen molar-refractivity contribution in [1.29, 1.82) is 0 Å². The molecule has 1 aromatic heterocycles. The molecule has 1 fully saturated rings. The van der Waals surface area contributed by atoms with E-state index in [2.05, 4.69) is 4.98 Å². The van der Waals surface area contributed by atoms with Crippen LogP contribution in [0.15, 0.2) is 41.2 Å². The third-order valence-corrected chi connectivity index (χ3v) is 4.50. The largest absolute Gasteiger partial charge is 0.456 e. The minimum atomic E-state index is -0.595. The number of aromatic amines is 1. The van der Waals surface area contributed by atoms with Crippen LogP contribution in [-0.4, -0.2) is 30.3 Å². The summed E-state index contributed by atoms with van der Waals surface area (Å²) >= 11 is 0. The Hall–Kier alpha value is -2.40. The maximum Gasteiger partial charge on any atom is 0.344 e. The summed E-state index contributed by atoms with van der Waals surface area (Å²) in [5.74, 6) is -0.595. The number of hydrogen-bond acceptors (Lipinski definition) is 4. The molecule has 1 aliphatic carbocycles. The first-order valence-corrected chi connectivity index (χ1v) is 8.13. The highest BCUT2D eigenvalue weighted by Crippen LogP contribution is 2.26.